The first kappa shape index (κ1) is 22.7. The minimum Gasteiger partial charge on any atom is -0.481 e. The molecule has 0 heterocycles. The zero-order valence-corrected chi connectivity index (χ0v) is 19.4. The van der Waals surface area contributed by atoms with Gasteiger partial charge in [0, 0.05) is 11.6 Å². The minimum atomic E-state index is -0.969. The van der Waals surface area contributed by atoms with Crippen LogP contribution in [0.2, 0.25) is 0 Å². The average molecular weight is 462 g/mol. The Morgan fingerprint density at radius 1 is 1.00 bits per heavy atom. The highest BCUT2D eigenvalue weighted by Crippen LogP contribution is 2.62. The quantitative estimate of drug-likeness (QED) is 0.300. The Labute approximate surface area is 199 Å². The molecule has 178 valence electrons. The van der Waals surface area contributed by atoms with Crippen LogP contribution in [0.15, 0.2) is 48.5 Å². The number of carboxylic acid groups (broad SMARTS) is 1. The first-order valence-corrected chi connectivity index (χ1v) is 12.1. The predicted octanol–water partition coefficient (Wildman–Crippen LogP) is 5.19. The second-order valence-electron chi connectivity index (χ2n) is 10.4. The molecule has 0 aliphatic heterocycles. The summed E-state index contributed by atoms with van der Waals surface area (Å²) in [6, 6.07) is 14.0. The van der Waals surface area contributed by atoms with Gasteiger partial charge in [-0.15, -0.1) is 0 Å². The molecule has 1 amide bonds. The maximum Gasteiger partial charge on any atom is 0.328 e. The third-order valence-corrected chi connectivity index (χ3v) is 8.03. The number of nitrogens with one attached hydrogen (secondary N) is 1. The molecule has 0 saturated heterocycles. The molecule has 6 rings (SSSR count). The number of hydrogen-bond donors (Lipinski definition) is 3. The maximum absolute atomic E-state index is 12.0. The predicted molar refractivity (Wildman–Crippen MR) is 128 cm³/mol. The van der Waals surface area contributed by atoms with E-state index in [9.17, 15) is 9.59 Å². The Morgan fingerprint density at radius 2 is 1.59 bits per heavy atom. The van der Waals surface area contributed by atoms with Crippen molar-refractivity contribution in [1.82, 2.24) is 5.48 Å². The third-order valence-electron chi connectivity index (χ3n) is 8.03. The summed E-state index contributed by atoms with van der Waals surface area (Å²) in [4.78, 5) is 22.8. The molecular weight excluding hydrogens is 430 g/mol. The van der Waals surface area contributed by atoms with Crippen molar-refractivity contribution in [3.05, 3.63) is 59.7 Å². The largest absolute Gasteiger partial charge is 0.481 e. The number of benzene rings is 2. The number of amides is 1. The number of carboxylic acids is 1. The molecular formula is C28H31NO5. The fourth-order valence-corrected chi connectivity index (χ4v) is 6.96. The number of hydrogen-bond acceptors (Lipinski definition) is 4. The fourth-order valence-electron chi connectivity index (χ4n) is 6.96. The topological polar surface area (TPSA) is 95.9 Å². The highest BCUT2D eigenvalue weighted by atomic mass is 16.5. The Morgan fingerprint density at radius 3 is 2.15 bits per heavy atom. The van der Waals surface area contributed by atoms with Gasteiger partial charge in [0.1, 0.15) is 5.75 Å². The van der Waals surface area contributed by atoms with Gasteiger partial charge in [0.25, 0.3) is 5.91 Å². The van der Waals surface area contributed by atoms with E-state index in [2.05, 4.69) is 6.07 Å². The van der Waals surface area contributed by atoms with Gasteiger partial charge in [-0.3, -0.25) is 10.0 Å². The van der Waals surface area contributed by atoms with Gasteiger partial charge in [0.2, 0.25) is 0 Å². The van der Waals surface area contributed by atoms with Gasteiger partial charge in [-0.2, -0.15) is 0 Å². The molecule has 4 aliphatic rings. The Kier molecular flexibility index (Phi) is 5.94. The van der Waals surface area contributed by atoms with Crippen LogP contribution in [0, 0.1) is 17.8 Å². The normalized spacial score (nSPS) is 28.1. The van der Waals surface area contributed by atoms with Crippen molar-refractivity contribution in [2.24, 2.45) is 17.8 Å². The molecule has 34 heavy (non-hydrogen) atoms. The molecule has 4 bridgehead atoms. The number of carbonyl (C=O) groups excluding carboxylic acids is 1. The summed E-state index contributed by atoms with van der Waals surface area (Å²) in [7, 11) is 0. The van der Waals surface area contributed by atoms with E-state index in [1.54, 1.807) is 18.5 Å². The second kappa shape index (κ2) is 8.91. The lowest BCUT2D eigenvalue weighted by molar-refractivity contribution is -0.135. The van der Waals surface area contributed by atoms with Crippen molar-refractivity contribution < 1.29 is 24.6 Å². The van der Waals surface area contributed by atoms with E-state index in [0.29, 0.717) is 0 Å². The summed E-state index contributed by atoms with van der Waals surface area (Å²) in [6.07, 6.45) is 9.42. The molecule has 4 aliphatic carbocycles. The summed E-state index contributed by atoms with van der Waals surface area (Å²) in [5.41, 5.74) is 5.89. The van der Waals surface area contributed by atoms with Crippen LogP contribution in [-0.4, -0.2) is 28.3 Å². The van der Waals surface area contributed by atoms with Crippen LogP contribution in [0.4, 0.5) is 0 Å². The van der Waals surface area contributed by atoms with Crippen LogP contribution >= 0.6 is 0 Å². The summed E-state index contributed by atoms with van der Waals surface area (Å²) in [5, 5.41) is 17.9. The average Bonchev–Trinajstić information content (AvgIpc) is 2.82. The molecule has 4 saturated carbocycles. The number of rotatable bonds is 7. The van der Waals surface area contributed by atoms with Gasteiger partial charge in [-0.05, 0) is 104 Å². The zero-order valence-electron chi connectivity index (χ0n) is 19.4. The van der Waals surface area contributed by atoms with Gasteiger partial charge in [-0.1, -0.05) is 30.3 Å². The Hall–Kier alpha value is -3.12. The highest BCUT2D eigenvalue weighted by Gasteiger charge is 2.52. The lowest BCUT2D eigenvalue weighted by Crippen LogP contribution is -2.48. The lowest BCUT2D eigenvalue weighted by atomic mass is 9.48. The Bertz CT molecular complexity index is 1080. The standard InChI is InChI=1S/C28H31NO5/c1-17(27(32)29-33)34-25-8-7-23(22-5-2-18(3-6-22)4-9-26(30)31)13-24(25)28-14-19-10-20(15-28)12-21(11-19)16-28/h2-9,13,17,19-21,33H,10-12,14-16H2,1H3,(H,29,32)(H,30,31)/b9-4+. The minimum absolute atomic E-state index is 0.0691. The van der Waals surface area contributed by atoms with Crippen LogP contribution in [0.5, 0.6) is 5.75 Å². The molecule has 1 atom stereocenters. The summed E-state index contributed by atoms with van der Waals surface area (Å²) >= 11 is 0. The molecule has 0 aromatic heterocycles. The highest BCUT2D eigenvalue weighted by molar-refractivity contribution is 5.85. The van der Waals surface area contributed by atoms with Crippen molar-refractivity contribution >= 4 is 18.0 Å². The SMILES string of the molecule is CC(Oc1ccc(-c2ccc(/C=C/C(=O)O)cc2)cc1C12CC3CC(CC(C3)C1)C2)C(=O)NO. The monoisotopic (exact) mass is 461 g/mol. The van der Waals surface area contributed by atoms with Gasteiger partial charge < -0.3 is 9.84 Å². The van der Waals surface area contributed by atoms with Crippen molar-refractivity contribution in [2.45, 2.75) is 57.0 Å². The molecule has 0 radical (unpaired) electrons. The molecule has 2 aromatic carbocycles. The second-order valence-corrected chi connectivity index (χ2v) is 10.4. The van der Waals surface area contributed by atoms with Crippen LogP contribution in [0.25, 0.3) is 17.2 Å². The van der Waals surface area contributed by atoms with Gasteiger partial charge in [0.15, 0.2) is 6.10 Å². The van der Waals surface area contributed by atoms with E-state index in [1.165, 1.54) is 44.1 Å². The molecule has 2 aromatic rings. The molecule has 1 unspecified atom stereocenters. The molecule has 0 spiro atoms. The van der Waals surface area contributed by atoms with Gasteiger partial charge in [0.05, 0.1) is 0 Å². The van der Waals surface area contributed by atoms with Crippen LogP contribution in [0.1, 0.15) is 56.6 Å². The first-order chi connectivity index (χ1) is 16.3. The molecule has 3 N–H and O–H groups in total. The van der Waals surface area contributed by atoms with Crippen molar-refractivity contribution in [2.75, 3.05) is 0 Å². The number of carbonyl (C=O) groups is 2. The fraction of sp³-hybridized carbons (Fsp3) is 0.429. The number of aliphatic carboxylic acids is 1. The summed E-state index contributed by atoms with van der Waals surface area (Å²) < 4.78 is 6.12. The summed E-state index contributed by atoms with van der Waals surface area (Å²) in [6.45, 7) is 1.65. The third kappa shape index (κ3) is 4.34. The van der Waals surface area contributed by atoms with Gasteiger partial charge >= 0.3 is 5.97 Å². The van der Waals surface area contributed by atoms with E-state index in [0.717, 1.165) is 46.3 Å². The van der Waals surface area contributed by atoms with E-state index in [-0.39, 0.29) is 5.41 Å². The number of hydroxylamine groups is 1. The maximum atomic E-state index is 12.0. The lowest BCUT2D eigenvalue weighted by Gasteiger charge is -2.57. The van der Waals surface area contributed by atoms with E-state index >= 15 is 0 Å². The van der Waals surface area contributed by atoms with E-state index in [4.69, 9.17) is 15.1 Å². The molecule has 6 heteroatoms. The molecule has 4 fully saturated rings. The molecule has 6 nitrogen and oxygen atoms in total. The van der Waals surface area contributed by atoms with E-state index in [1.807, 2.05) is 36.4 Å². The first-order valence-electron chi connectivity index (χ1n) is 12.1. The Balaban J connectivity index is 1.52. The summed E-state index contributed by atoms with van der Waals surface area (Å²) in [5.74, 6) is 1.49. The van der Waals surface area contributed by atoms with Crippen molar-refractivity contribution in [3.63, 3.8) is 0 Å². The van der Waals surface area contributed by atoms with Crippen LogP contribution in [0.3, 0.4) is 0 Å². The zero-order chi connectivity index (χ0) is 23.9. The van der Waals surface area contributed by atoms with Crippen LogP contribution in [-0.2, 0) is 15.0 Å². The number of ether oxygens (including phenoxy) is 1. The van der Waals surface area contributed by atoms with Crippen molar-refractivity contribution in [3.8, 4) is 16.9 Å². The van der Waals surface area contributed by atoms with Crippen LogP contribution < -0.4 is 10.2 Å². The van der Waals surface area contributed by atoms with Gasteiger partial charge in [-0.25, -0.2) is 10.3 Å². The van der Waals surface area contributed by atoms with Crippen molar-refractivity contribution in [1.29, 1.82) is 0 Å². The smallest absolute Gasteiger partial charge is 0.328 e. The van der Waals surface area contributed by atoms with E-state index < -0.39 is 18.0 Å².